The molecule has 1 aromatic rings. The van der Waals surface area contributed by atoms with E-state index in [0.29, 0.717) is 18.4 Å². The van der Waals surface area contributed by atoms with E-state index in [9.17, 15) is 18.0 Å². The van der Waals surface area contributed by atoms with Crippen molar-refractivity contribution in [2.24, 2.45) is 0 Å². The van der Waals surface area contributed by atoms with Gasteiger partial charge in [-0.3, -0.25) is 4.79 Å². The van der Waals surface area contributed by atoms with Crippen LogP contribution >= 0.6 is 0 Å². The van der Waals surface area contributed by atoms with E-state index < -0.39 is 12.7 Å². The number of carbonyl (C=O) groups excluding carboxylic acids is 1. The van der Waals surface area contributed by atoms with Gasteiger partial charge in [0.25, 0.3) is 0 Å². The van der Waals surface area contributed by atoms with E-state index in [2.05, 4.69) is 0 Å². The first-order valence-corrected chi connectivity index (χ1v) is 4.74. The van der Waals surface area contributed by atoms with Crippen LogP contribution < -0.4 is 0 Å². The Balaban J connectivity index is 2.26. The van der Waals surface area contributed by atoms with E-state index in [1.54, 1.807) is 0 Å². The van der Waals surface area contributed by atoms with Crippen molar-refractivity contribution in [2.45, 2.75) is 32.0 Å². The van der Waals surface area contributed by atoms with Gasteiger partial charge in [-0.25, -0.2) is 0 Å². The Morgan fingerprint density at radius 1 is 1.27 bits per heavy atom. The van der Waals surface area contributed by atoms with Crippen molar-refractivity contribution in [3.05, 3.63) is 23.5 Å². The number of nitrogens with zero attached hydrogens (tertiary/aromatic N) is 1. The van der Waals surface area contributed by atoms with Crippen LogP contribution in [0.25, 0.3) is 0 Å². The van der Waals surface area contributed by atoms with Gasteiger partial charge in [0, 0.05) is 24.4 Å². The van der Waals surface area contributed by atoms with Gasteiger partial charge in [-0.1, -0.05) is 0 Å². The zero-order valence-corrected chi connectivity index (χ0v) is 7.97. The Kier molecular flexibility index (Phi) is 2.32. The smallest absolute Gasteiger partial charge is 0.344 e. The summed E-state index contributed by atoms with van der Waals surface area (Å²) in [4.78, 5) is 11.4. The van der Waals surface area contributed by atoms with E-state index in [1.165, 1.54) is 12.4 Å². The molecule has 1 aromatic heterocycles. The molecule has 0 fully saturated rings. The second kappa shape index (κ2) is 3.40. The van der Waals surface area contributed by atoms with Crippen molar-refractivity contribution in [2.75, 3.05) is 0 Å². The molecule has 0 spiro atoms. The molecule has 0 amide bonds. The SMILES string of the molecule is O=C1CCCc2cn(CC(F)(F)F)cc21. The van der Waals surface area contributed by atoms with E-state index in [0.717, 1.165) is 16.6 Å². The second-order valence-electron chi connectivity index (χ2n) is 3.76. The molecule has 2 nitrogen and oxygen atoms in total. The fourth-order valence-corrected chi connectivity index (χ4v) is 1.88. The van der Waals surface area contributed by atoms with E-state index >= 15 is 0 Å². The number of carbonyl (C=O) groups is 1. The zero-order valence-electron chi connectivity index (χ0n) is 7.97. The minimum Gasteiger partial charge on any atom is -0.344 e. The maximum Gasteiger partial charge on any atom is 0.406 e. The van der Waals surface area contributed by atoms with Gasteiger partial charge in [-0.05, 0) is 18.4 Å². The molecule has 0 unspecified atom stereocenters. The Morgan fingerprint density at radius 2 is 2.00 bits per heavy atom. The molecule has 0 aliphatic heterocycles. The predicted molar refractivity (Wildman–Crippen MR) is 47.8 cm³/mol. The van der Waals surface area contributed by atoms with Crippen molar-refractivity contribution in [3.63, 3.8) is 0 Å². The summed E-state index contributed by atoms with van der Waals surface area (Å²) in [6, 6.07) is 0. The number of hydrogen-bond acceptors (Lipinski definition) is 1. The van der Waals surface area contributed by atoms with Crippen LogP contribution in [0.4, 0.5) is 13.2 Å². The van der Waals surface area contributed by atoms with Crippen molar-refractivity contribution < 1.29 is 18.0 Å². The van der Waals surface area contributed by atoms with Crippen molar-refractivity contribution in [1.82, 2.24) is 4.57 Å². The summed E-state index contributed by atoms with van der Waals surface area (Å²) < 4.78 is 37.3. The quantitative estimate of drug-likeness (QED) is 0.708. The van der Waals surface area contributed by atoms with Crippen LogP contribution in [0.1, 0.15) is 28.8 Å². The van der Waals surface area contributed by atoms with Gasteiger partial charge < -0.3 is 4.57 Å². The minimum absolute atomic E-state index is 0.0443. The third-order valence-electron chi connectivity index (χ3n) is 2.47. The highest BCUT2D eigenvalue weighted by Crippen LogP contribution is 2.24. The number of alkyl halides is 3. The number of hydrogen-bond donors (Lipinski definition) is 0. The maximum absolute atomic E-state index is 12.1. The van der Waals surface area contributed by atoms with E-state index in [1.807, 2.05) is 0 Å². The highest BCUT2D eigenvalue weighted by molar-refractivity contribution is 5.98. The summed E-state index contributed by atoms with van der Waals surface area (Å²) >= 11 is 0. The lowest BCUT2D eigenvalue weighted by molar-refractivity contribution is -0.140. The van der Waals surface area contributed by atoms with Crippen LogP contribution in [-0.2, 0) is 13.0 Å². The third-order valence-corrected chi connectivity index (χ3v) is 2.47. The highest BCUT2D eigenvalue weighted by Gasteiger charge is 2.29. The largest absolute Gasteiger partial charge is 0.406 e. The molecule has 0 aromatic carbocycles. The van der Waals surface area contributed by atoms with E-state index in [-0.39, 0.29) is 5.78 Å². The van der Waals surface area contributed by atoms with Crippen LogP contribution in [0.2, 0.25) is 0 Å². The molecule has 2 rings (SSSR count). The summed E-state index contributed by atoms with van der Waals surface area (Å²) in [5.41, 5.74) is 1.21. The topological polar surface area (TPSA) is 22.0 Å². The first kappa shape index (κ1) is 10.3. The Morgan fingerprint density at radius 3 is 2.60 bits per heavy atom. The molecule has 0 radical (unpaired) electrons. The zero-order chi connectivity index (χ0) is 11.1. The van der Waals surface area contributed by atoms with Crippen molar-refractivity contribution >= 4 is 5.78 Å². The van der Waals surface area contributed by atoms with Crippen LogP contribution in [0.5, 0.6) is 0 Å². The third kappa shape index (κ3) is 2.22. The fourth-order valence-electron chi connectivity index (χ4n) is 1.88. The summed E-state index contributed by atoms with van der Waals surface area (Å²) in [5, 5.41) is 0. The normalized spacial score (nSPS) is 16.6. The number of fused-ring (bicyclic) bond motifs is 1. The van der Waals surface area contributed by atoms with Crippen molar-refractivity contribution in [1.29, 1.82) is 0 Å². The Labute approximate surface area is 84.7 Å². The summed E-state index contributed by atoms with van der Waals surface area (Å²) in [6.07, 6.45) is 0.395. The number of Topliss-reactive ketones (excluding diaryl/α,β-unsaturated/α-hetero) is 1. The standard InChI is InChI=1S/C10H10F3NO/c11-10(12,13)6-14-4-7-2-1-3-9(15)8(7)5-14/h4-5H,1-3,6H2. The average Bonchev–Trinajstić information content (AvgIpc) is 2.45. The summed E-state index contributed by atoms with van der Waals surface area (Å²) in [7, 11) is 0. The average molecular weight is 217 g/mol. The Bertz CT molecular complexity index is 392. The molecular formula is C10H10F3NO. The molecular weight excluding hydrogens is 207 g/mol. The van der Waals surface area contributed by atoms with E-state index in [4.69, 9.17) is 0 Å². The Hall–Kier alpha value is -1.26. The first-order valence-electron chi connectivity index (χ1n) is 4.74. The molecule has 1 heterocycles. The number of rotatable bonds is 1. The van der Waals surface area contributed by atoms with Gasteiger partial charge in [0.05, 0.1) is 0 Å². The highest BCUT2D eigenvalue weighted by atomic mass is 19.4. The van der Waals surface area contributed by atoms with Crippen LogP contribution in [0.3, 0.4) is 0 Å². The van der Waals surface area contributed by atoms with Gasteiger partial charge in [0.15, 0.2) is 5.78 Å². The van der Waals surface area contributed by atoms with Gasteiger partial charge in [0.1, 0.15) is 6.54 Å². The van der Waals surface area contributed by atoms with Crippen LogP contribution in [-0.4, -0.2) is 16.5 Å². The number of aryl methyl sites for hydroxylation is 1. The summed E-state index contributed by atoms with van der Waals surface area (Å²) in [6.45, 7) is -1.02. The number of halogens is 3. The van der Waals surface area contributed by atoms with Gasteiger partial charge >= 0.3 is 6.18 Å². The molecule has 0 bridgehead atoms. The first-order chi connectivity index (χ1) is 6.96. The van der Waals surface area contributed by atoms with Gasteiger partial charge in [-0.2, -0.15) is 13.2 Å². The molecule has 1 aliphatic carbocycles. The monoisotopic (exact) mass is 217 g/mol. The van der Waals surface area contributed by atoms with Gasteiger partial charge in [0.2, 0.25) is 0 Å². The van der Waals surface area contributed by atoms with Gasteiger partial charge in [-0.15, -0.1) is 0 Å². The molecule has 0 N–H and O–H groups in total. The summed E-state index contributed by atoms with van der Waals surface area (Å²) in [5.74, 6) is -0.0443. The fraction of sp³-hybridized carbons (Fsp3) is 0.500. The minimum atomic E-state index is -4.23. The lowest BCUT2D eigenvalue weighted by atomic mass is 9.95. The molecule has 0 saturated carbocycles. The maximum atomic E-state index is 12.1. The molecule has 1 aliphatic rings. The molecule has 0 atom stereocenters. The second-order valence-corrected chi connectivity index (χ2v) is 3.76. The lowest BCUT2D eigenvalue weighted by Crippen LogP contribution is -2.16. The molecule has 82 valence electrons. The van der Waals surface area contributed by atoms with Crippen LogP contribution in [0, 0.1) is 0 Å². The predicted octanol–water partition coefficient (Wildman–Crippen LogP) is 2.57. The van der Waals surface area contributed by atoms with Crippen LogP contribution in [0.15, 0.2) is 12.4 Å². The molecule has 15 heavy (non-hydrogen) atoms. The number of aromatic nitrogens is 1. The van der Waals surface area contributed by atoms with Crippen molar-refractivity contribution in [3.8, 4) is 0 Å². The lowest BCUT2D eigenvalue weighted by Gasteiger charge is -2.07. The molecule has 5 heteroatoms. The number of ketones is 1. The molecule has 0 saturated heterocycles.